The SMILES string of the molecule is CCc1ncc(S(=O)(=O)NC(C)(C(=O)O)C2CC2)[nH]1. The van der Waals surface area contributed by atoms with Crippen LogP contribution in [0.4, 0.5) is 0 Å². The number of aliphatic carboxylic acids is 1. The van der Waals surface area contributed by atoms with E-state index in [0.717, 1.165) is 0 Å². The summed E-state index contributed by atoms with van der Waals surface area (Å²) in [5, 5.41) is 9.15. The number of H-pyrrole nitrogens is 1. The molecule has 19 heavy (non-hydrogen) atoms. The number of aromatic amines is 1. The van der Waals surface area contributed by atoms with Gasteiger partial charge >= 0.3 is 5.97 Å². The van der Waals surface area contributed by atoms with Crippen molar-refractivity contribution in [3.8, 4) is 0 Å². The zero-order valence-electron chi connectivity index (χ0n) is 10.8. The second kappa shape index (κ2) is 4.61. The number of carbonyl (C=O) groups is 1. The lowest BCUT2D eigenvalue weighted by molar-refractivity contribution is -0.144. The Morgan fingerprint density at radius 3 is 2.68 bits per heavy atom. The summed E-state index contributed by atoms with van der Waals surface area (Å²) in [4.78, 5) is 17.9. The Balaban J connectivity index is 2.27. The van der Waals surface area contributed by atoms with Crippen LogP contribution in [0.3, 0.4) is 0 Å². The molecule has 2 rings (SSSR count). The first kappa shape index (κ1) is 14.0. The smallest absolute Gasteiger partial charge is 0.324 e. The molecular weight excluding hydrogens is 270 g/mol. The van der Waals surface area contributed by atoms with Crippen LogP contribution in [0, 0.1) is 5.92 Å². The maximum Gasteiger partial charge on any atom is 0.324 e. The summed E-state index contributed by atoms with van der Waals surface area (Å²) < 4.78 is 26.6. The molecule has 0 spiro atoms. The van der Waals surface area contributed by atoms with E-state index >= 15 is 0 Å². The van der Waals surface area contributed by atoms with Gasteiger partial charge in [-0.25, -0.2) is 13.4 Å². The minimum Gasteiger partial charge on any atom is -0.480 e. The summed E-state index contributed by atoms with van der Waals surface area (Å²) >= 11 is 0. The van der Waals surface area contributed by atoms with Gasteiger partial charge in [-0.2, -0.15) is 4.72 Å². The molecule has 0 saturated heterocycles. The van der Waals surface area contributed by atoms with Gasteiger partial charge in [-0.3, -0.25) is 4.79 Å². The number of carboxylic acid groups (broad SMARTS) is 1. The number of nitrogens with zero attached hydrogens (tertiary/aromatic N) is 1. The quantitative estimate of drug-likeness (QED) is 0.705. The van der Waals surface area contributed by atoms with Gasteiger partial charge in [0.05, 0.1) is 6.20 Å². The molecule has 1 aromatic rings. The van der Waals surface area contributed by atoms with Crippen LogP contribution in [-0.2, 0) is 21.2 Å². The Kier molecular flexibility index (Phi) is 3.40. The second-order valence-electron chi connectivity index (χ2n) is 4.93. The first-order chi connectivity index (χ1) is 8.79. The minimum atomic E-state index is -3.91. The monoisotopic (exact) mass is 287 g/mol. The van der Waals surface area contributed by atoms with Gasteiger partial charge in [0, 0.05) is 6.42 Å². The van der Waals surface area contributed by atoms with Gasteiger partial charge in [0.15, 0.2) is 5.03 Å². The molecule has 0 aliphatic heterocycles. The molecule has 3 N–H and O–H groups in total. The number of hydrogen-bond acceptors (Lipinski definition) is 4. The number of rotatable bonds is 6. The minimum absolute atomic E-state index is 0.0996. The Labute approximate surface area is 111 Å². The highest BCUT2D eigenvalue weighted by atomic mass is 32.2. The number of nitrogens with one attached hydrogen (secondary N) is 2. The fraction of sp³-hybridized carbons (Fsp3) is 0.636. The summed E-state index contributed by atoms with van der Waals surface area (Å²) in [5.41, 5.74) is -1.46. The Morgan fingerprint density at radius 2 is 2.26 bits per heavy atom. The summed E-state index contributed by atoms with van der Waals surface area (Å²) in [7, 11) is -3.91. The number of aromatic nitrogens is 2. The van der Waals surface area contributed by atoms with Gasteiger partial charge in [-0.1, -0.05) is 6.92 Å². The Morgan fingerprint density at radius 1 is 1.63 bits per heavy atom. The van der Waals surface area contributed by atoms with Crippen LogP contribution in [0.1, 0.15) is 32.5 Å². The van der Waals surface area contributed by atoms with Crippen molar-refractivity contribution in [2.24, 2.45) is 5.92 Å². The summed E-state index contributed by atoms with van der Waals surface area (Å²) in [6.45, 7) is 3.25. The van der Waals surface area contributed by atoms with Crippen molar-refractivity contribution < 1.29 is 18.3 Å². The van der Waals surface area contributed by atoms with E-state index in [0.29, 0.717) is 25.1 Å². The fourth-order valence-corrected chi connectivity index (χ4v) is 3.32. The predicted octanol–water partition coefficient (Wildman–Crippen LogP) is 0.504. The number of hydrogen-bond donors (Lipinski definition) is 3. The van der Waals surface area contributed by atoms with Crippen LogP contribution in [-0.4, -0.2) is 35.0 Å². The summed E-state index contributed by atoms with van der Waals surface area (Å²) in [5.74, 6) is -0.772. The third kappa shape index (κ3) is 2.64. The van der Waals surface area contributed by atoms with Crippen LogP contribution >= 0.6 is 0 Å². The van der Waals surface area contributed by atoms with Crippen molar-refractivity contribution in [1.82, 2.24) is 14.7 Å². The third-order valence-electron chi connectivity index (χ3n) is 3.41. The predicted molar refractivity (Wildman–Crippen MR) is 67.1 cm³/mol. The molecule has 0 bridgehead atoms. The topological polar surface area (TPSA) is 112 Å². The second-order valence-corrected chi connectivity index (χ2v) is 6.59. The van der Waals surface area contributed by atoms with E-state index in [9.17, 15) is 18.3 Å². The van der Waals surface area contributed by atoms with E-state index in [-0.39, 0.29) is 10.9 Å². The third-order valence-corrected chi connectivity index (χ3v) is 4.89. The van der Waals surface area contributed by atoms with Crippen LogP contribution < -0.4 is 4.72 Å². The van der Waals surface area contributed by atoms with E-state index < -0.39 is 21.5 Å². The molecule has 1 atom stereocenters. The van der Waals surface area contributed by atoms with Gasteiger partial charge in [-0.15, -0.1) is 0 Å². The number of aryl methyl sites for hydroxylation is 1. The van der Waals surface area contributed by atoms with Crippen LogP contribution in [0.15, 0.2) is 11.2 Å². The highest BCUT2D eigenvalue weighted by Crippen LogP contribution is 2.40. The average molecular weight is 287 g/mol. The van der Waals surface area contributed by atoms with Crippen molar-refractivity contribution in [2.75, 3.05) is 0 Å². The van der Waals surface area contributed by atoms with E-state index in [4.69, 9.17) is 0 Å². The molecule has 1 aromatic heterocycles. The molecule has 1 fully saturated rings. The molecule has 0 radical (unpaired) electrons. The standard InChI is InChI=1S/C11H17N3O4S/c1-3-8-12-6-9(13-8)19(17,18)14-11(2,10(15)16)7-4-5-7/h6-7,14H,3-5H2,1-2H3,(H,12,13)(H,15,16). The molecule has 1 saturated carbocycles. The number of sulfonamides is 1. The van der Waals surface area contributed by atoms with Crippen molar-refractivity contribution in [3.63, 3.8) is 0 Å². The van der Waals surface area contributed by atoms with Crippen molar-refractivity contribution in [2.45, 2.75) is 43.7 Å². The van der Waals surface area contributed by atoms with Crippen molar-refractivity contribution >= 4 is 16.0 Å². The van der Waals surface area contributed by atoms with Crippen molar-refractivity contribution in [1.29, 1.82) is 0 Å². The molecule has 8 heteroatoms. The molecule has 0 aromatic carbocycles. The molecule has 106 valence electrons. The number of imidazole rings is 1. The van der Waals surface area contributed by atoms with Crippen molar-refractivity contribution in [3.05, 3.63) is 12.0 Å². The Hall–Kier alpha value is -1.41. The van der Waals surface area contributed by atoms with Gasteiger partial charge in [0.25, 0.3) is 10.0 Å². The lowest BCUT2D eigenvalue weighted by Crippen LogP contribution is -2.53. The van der Waals surface area contributed by atoms with Crippen LogP contribution in [0.5, 0.6) is 0 Å². The highest BCUT2D eigenvalue weighted by Gasteiger charge is 2.50. The fourth-order valence-electron chi connectivity index (χ4n) is 1.96. The van der Waals surface area contributed by atoms with E-state index in [2.05, 4.69) is 14.7 Å². The zero-order valence-corrected chi connectivity index (χ0v) is 11.6. The molecule has 1 heterocycles. The normalized spacial score (nSPS) is 19.1. The first-order valence-electron chi connectivity index (χ1n) is 6.11. The molecule has 1 aliphatic carbocycles. The average Bonchev–Trinajstić information content (AvgIpc) is 3.06. The van der Waals surface area contributed by atoms with E-state index in [1.807, 2.05) is 6.92 Å². The van der Waals surface area contributed by atoms with Gasteiger partial charge < -0.3 is 10.1 Å². The van der Waals surface area contributed by atoms with Gasteiger partial charge in [-0.05, 0) is 25.7 Å². The highest BCUT2D eigenvalue weighted by molar-refractivity contribution is 7.89. The largest absolute Gasteiger partial charge is 0.480 e. The van der Waals surface area contributed by atoms with Gasteiger partial charge in [0.2, 0.25) is 0 Å². The number of carboxylic acids is 1. The van der Waals surface area contributed by atoms with Crippen LogP contribution in [0.25, 0.3) is 0 Å². The molecule has 7 nitrogen and oxygen atoms in total. The van der Waals surface area contributed by atoms with E-state index in [1.165, 1.54) is 13.1 Å². The summed E-state index contributed by atoms with van der Waals surface area (Å²) in [6, 6.07) is 0. The Bertz CT molecular complexity index is 591. The summed E-state index contributed by atoms with van der Waals surface area (Å²) in [6.07, 6.45) is 3.22. The lowest BCUT2D eigenvalue weighted by Gasteiger charge is -2.25. The molecule has 1 aliphatic rings. The maximum atomic E-state index is 12.2. The van der Waals surface area contributed by atoms with E-state index in [1.54, 1.807) is 0 Å². The maximum absolute atomic E-state index is 12.2. The van der Waals surface area contributed by atoms with Gasteiger partial charge in [0.1, 0.15) is 11.4 Å². The zero-order chi connectivity index (χ0) is 14.3. The molecule has 0 amide bonds. The molecular formula is C11H17N3O4S. The lowest BCUT2D eigenvalue weighted by atomic mass is 9.98. The van der Waals surface area contributed by atoms with Crippen LogP contribution in [0.2, 0.25) is 0 Å². The molecule has 1 unspecified atom stereocenters. The first-order valence-corrected chi connectivity index (χ1v) is 7.59.